The topological polar surface area (TPSA) is 69.3 Å². The Morgan fingerprint density at radius 3 is 2.89 bits per heavy atom. The minimum absolute atomic E-state index is 0.578. The molecule has 1 fully saturated rings. The number of hydrogen-bond donors (Lipinski definition) is 1. The summed E-state index contributed by atoms with van der Waals surface area (Å²) < 4.78 is 9.65. The van der Waals surface area contributed by atoms with Gasteiger partial charge in [-0.3, -0.25) is 0 Å². The van der Waals surface area contributed by atoms with Crippen molar-refractivity contribution in [1.29, 1.82) is 0 Å². The van der Waals surface area contributed by atoms with E-state index in [1.165, 1.54) is 24.7 Å². The lowest BCUT2D eigenvalue weighted by Gasteiger charge is -2.23. The molecule has 144 valence electrons. The van der Waals surface area contributed by atoms with E-state index in [-0.39, 0.29) is 0 Å². The van der Waals surface area contributed by atoms with Crippen LogP contribution in [-0.4, -0.2) is 44.3 Å². The number of methoxy groups -OCH3 is 1. The van der Waals surface area contributed by atoms with E-state index in [9.17, 15) is 0 Å². The molecule has 0 radical (unpaired) electrons. The van der Waals surface area contributed by atoms with Crippen molar-refractivity contribution in [1.82, 2.24) is 29.5 Å². The van der Waals surface area contributed by atoms with Crippen LogP contribution in [0.3, 0.4) is 0 Å². The van der Waals surface area contributed by atoms with Gasteiger partial charge >= 0.3 is 0 Å². The SMILES string of the molecule is COc1ncnn2ccc(-c3ccc4nc(C)n(CC5CCNCC5)c4c3)c12. The molecule has 1 saturated heterocycles. The van der Waals surface area contributed by atoms with Crippen LogP contribution in [0.15, 0.2) is 36.8 Å². The summed E-state index contributed by atoms with van der Waals surface area (Å²) in [6, 6.07) is 8.52. The highest BCUT2D eigenvalue weighted by Gasteiger charge is 2.18. The van der Waals surface area contributed by atoms with Gasteiger partial charge in [0.25, 0.3) is 0 Å². The summed E-state index contributed by atoms with van der Waals surface area (Å²) in [7, 11) is 1.64. The fraction of sp³-hybridized carbons (Fsp3) is 0.381. The fourth-order valence-corrected chi connectivity index (χ4v) is 4.27. The number of aryl methyl sites for hydroxylation is 1. The van der Waals surface area contributed by atoms with Crippen molar-refractivity contribution in [2.75, 3.05) is 20.2 Å². The van der Waals surface area contributed by atoms with Crippen molar-refractivity contribution < 1.29 is 4.74 Å². The zero-order valence-corrected chi connectivity index (χ0v) is 16.2. The molecule has 0 unspecified atom stereocenters. The Hall–Kier alpha value is -2.93. The summed E-state index contributed by atoms with van der Waals surface area (Å²) in [4.78, 5) is 9.06. The first-order chi connectivity index (χ1) is 13.7. The number of hydrogen-bond acceptors (Lipinski definition) is 5. The molecule has 1 aromatic carbocycles. The first-order valence-corrected chi connectivity index (χ1v) is 9.79. The fourth-order valence-electron chi connectivity index (χ4n) is 4.27. The number of benzene rings is 1. The average Bonchev–Trinajstić information content (AvgIpc) is 3.30. The van der Waals surface area contributed by atoms with Crippen LogP contribution in [0.5, 0.6) is 5.88 Å². The highest BCUT2D eigenvalue weighted by atomic mass is 16.5. The van der Waals surface area contributed by atoms with E-state index in [1.807, 2.05) is 10.7 Å². The third-order valence-electron chi connectivity index (χ3n) is 5.76. The molecule has 1 aliphatic heterocycles. The van der Waals surface area contributed by atoms with Crippen LogP contribution in [0, 0.1) is 12.8 Å². The molecule has 0 aliphatic carbocycles. The summed E-state index contributed by atoms with van der Waals surface area (Å²) in [5.41, 5.74) is 5.29. The highest BCUT2D eigenvalue weighted by molar-refractivity contribution is 5.89. The zero-order chi connectivity index (χ0) is 19.1. The zero-order valence-electron chi connectivity index (χ0n) is 16.2. The number of nitrogens with one attached hydrogen (secondary N) is 1. The Balaban J connectivity index is 1.61. The summed E-state index contributed by atoms with van der Waals surface area (Å²) in [5.74, 6) is 2.35. The lowest BCUT2D eigenvalue weighted by atomic mass is 9.98. The van der Waals surface area contributed by atoms with Gasteiger partial charge in [-0.1, -0.05) is 6.07 Å². The number of rotatable bonds is 4. The molecule has 0 bridgehead atoms. The molecule has 3 aromatic heterocycles. The van der Waals surface area contributed by atoms with Gasteiger partial charge in [0, 0.05) is 18.3 Å². The molecule has 0 spiro atoms. The van der Waals surface area contributed by atoms with Gasteiger partial charge in [0.1, 0.15) is 17.7 Å². The molecule has 1 N–H and O–H groups in total. The monoisotopic (exact) mass is 376 g/mol. The molecule has 7 nitrogen and oxygen atoms in total. The van der Waals surface area contributed by atoms with Gasteiger partial charge in [-0.2, -0.15) is 10.1 Å². The molecular formula is C21H24N6O. The molecule has 0 amide bonds. The predicted molar refractivity (Wildman–Crippen MR) is 109 cm³/mol. The number of nitrogens with zero attached hydrogens (tertiary/aromatic N) is 5. The van der Waals surface area contributed by atoms with Gasteiger partial charge in [0.15, 0.2) is 0 Å². The average molecular weight is 376 g/mol. The maximum atomic E-state index is 5.47. The molecular weight excluding hydrogens is 352 g/mol. The van der Waals surface area contributed by atoms with E-state index in [1.54, 1.807) is 7.11 Å². The molecule has 1 aliphatic rings. The smallest absolute Gasteiger partial charge is 0.241 e. The van der Waals surface area contributed by atoms with E-state index in [4.69, 9.17) is 9.72 Å². The van der Waals surface area contributed by atoms with Gasteiger partial charge in [-0.15, -0.1) is 0 Å². The van der Waals surface area contributed by atoms with Crippen LogP contribution in [0.2, 0.25) is 0 Å². The van der Waals surface area contributed by atoms with Gasteiger partial charge in [-0.25, -0.2) is 9.50 Å². The Kier molecular flexibility index (Phi) is 4.24. The van der Waals surface area contributed by atoms with Crippen LogP contribution in [-0.2, 0) is 6.54 Å². The minimum atomic E-state index is 0.578. The largest absolute Gasteiger partial charge is 0.479 e. The van der Waals surface area contributed by atoms with Crippen molar-refractivity contribution in [2.24, 2.45) is 5.92 Å². The predicted octanol–water partition coefficient (Wildman–Crippen LogP) is 3.06. The van der Waals surface area contributed by atoms with E-state index in [2.05, 4.69) is 51.2 Å². The molecule has 0 saturated carbocycles. The van der Waals surface area contributed by atoms with E-state index >= 15 is 0 Å². The Morgan fingerprint density at radius 1 is 1.21 bits per heavy atom. The number of fused-ring (bicyclic) bond motifs is 2. The Morgan fingerprint density at radius 2 is 2.07 bits per heavy atom. The molecule has 4 aromatic rings. The number of imidazole rings is 1. The summed E-state index contributed by atoms with van der Waals surface area (Å²) in [5, 5.41) is 7.75. The van der Waals surface area contributed by atoms with E-state index < -0.39 is 0 Å². The number of piperidine rings is 1. The van der Waals surface area contributed by atoms with Crippen LogP contribution in [0.1, 0.15) is 18.7 Å². The third kappa shape index (κ3) is 2.82. The second kappa shape index (κ2) is 6.91. The lowest BCUT2D eigenvalue weighted by molar-refractivity contribution is 0.334. The van der Waals surface area contributed by atoms with Crippen molar-refractivity contribution >= 4 is 16.6 Å². The maximum Gasteiger partial charge on any atom is 0.241 e. The highest BCUT2D eigenvalue weighted by Crippen LogP contribution is 2.32. The Labute approximate surface area is 163 Å². The van der Waals surface area contributed by atoms with E-state index in [0.29, 0.717) is 11.8 Å². The number of ether oxygens (including phenoxy) is 1. The second-order valence-electron chi connectivity index (χ2n) is 7.46. The summed E-state index contributed by atoms with van der Waals surface area (Å²) >= 11 is 0. The quantitative estimate of drug-likeness (QED) is 0.593. The molecule has 28 heavy (non-hydrogen) atoms. The van der Waals surface area contributed by atoms with Crippen molar-refractivity contribution in [2.45, 2.75) is 26.3 Å². The minimum Gasteiger partial charge on any atom is -0.479 e. The molecule has 4 heterocycles. The van der Waals surface area contributed by atoms with Crippen molar-refractivity contribution in [3.63, 3.8) is 0 Å². The Bertz CT molecular complexity index is 1140. The van der Waals surface area contributed by atoms with Gasteiger partial charge in [-0.05, 0) is 62.5 Å². The standard InChI is InChI=1S/C21H24N6O/c1-14-25-18-4-3-16(11-19(18)26(14)12-15-5-8-22-9-6-15)17-7-10-27-20(17)21(28-2)23-13-24-27/h3-4,7,10-11,13,15,22H,5-6,8-9,12H2,1-2H3. The summed E-state index contributed by atoms with van der Waals surface area (Å²) in [6.45, 7) is 5.35. The van der Waals surface area contributed by atoms with Gasteiger partial charge < -0.3 is 14.6 Å². The lowest BCUT2D eigenvalue weighted by Crippen LogP contribution is -2.30. The van der Waals surface area contributed by atoms with Crippen LogP contribution >= 0.6 is 0 Å². The normalized spacial score (nSPS) is 15.5. The molecule has 0 atom stereocenters. The molecule has 5 rings (SSSR count). The first-order valence-electron chi connectivity index (χ1n) is 9.79. The summed E-state index contributed by atoms with van der Waals surface area (Å²) in [6.07, 6.45) is 5.89. The van der Waals surface area contributed by atoms with E-state index in [0.717, 1.165) is 47.6 Å². The third-order valence-corrected chi connectivity index (χ3v) is 5.76. The maximum absolute atomic E-state index is 5.47. The van der Waals surface area contributed by atoms with Gasteiger partial charge in [0.2, 0.25) is 5.88 Å². The van der Waals surface area contributed by atoms with Crippen LogP contribution in [0.4, 0.5) is 0 Å². The van der Waals surface area contributed by atoms with Crippen molar-refractivity contribution in [3.05, 3.63) is 42.6 Å². The van der Waals surface area contributed by atoms with Gasteiger partial charge in [0.05, 0.1) is 18.1 Å². The second-order valence-corrected chi connectivity index (χ2v) is 7.46. The number of aromatic nitrogens is 5. The molecule has 7 heteroatoms. The first kappa shape index (κ1) is 17.2. The van der Waals surface area contributed by atoms with Crippen LogP contribution < -0.4 is 10.1 Å². The van der Waals surface area contributed by atoms with Crippen LogP contribution in [0.25, 0.3) is 27.7 Å². The van der Waals surface area contributed by atoms with Crippen molar-refractivity contribution in [3.8, 4) is 17.0 Å².